The van der Waals surface area contributed by atoms with Crippen LogP contribution in [0, 0.1) is 5.92 Å². The Morgan fingerprint density at radius 1 is 1.12 bits per heavy atom. The Kier molecular flexibility index (Phi) is 4.91. The molecule has 1 aromatic carbocycles. The lowest BCUT2D eigenvalue weighted by atomic mass is 9.96. The summed E-state index contributed by atoms with van der Waals surface area (Å²) in [5.74, 6) is 0.226. The van der Waals surface area contributed by atoms with Crippen molar-refractivity contribution in [2.24, 2.45) is 5.92 Å². The summed E-state index contributed by atoms with van der Waals surface area (Å²) in [4.78, 5) is 14.6. The summed E-state index contributed by atoms with van der Waals surface area (Å²) in [6.07, 6.45) is 1.71. The van der Waals surface area contributed by atoms with Gasteiger partial charge in [-0.25, -0.2) is 8.42 Å². The summed E-state index contributed by atoms with van der Waals surface area (Å²) >= 11 is 1.01. The van der Waals surface area contributed by atoms with Crippen LogP contribution in [0.4, 0.5) is 0 Å². The van der Waals surface area contributed by atoms with Gasteiger partial charge in [-0.1, -0.05) is 6.07 Å². The zero-order chi connectivity index (χ0) is 18.1. The zero-order valence-electron chi connectivity index (χ0n) is 14.3. The number of carbonyl (C=O) groups is 1. The van der Waals surface area contributed by atoms with E-state index >= 15 is 0 Å². The molecular formula is C16H21N5O3S2. The third-order valence-corrected chi connectivity index (χ3v) is 7.58. The van der Waals surface area contributed by atoms with E-state index in [2.05, 4.69) is 14.1 Å². The molecular weight excluding hydrogens is 374 g/mol. The minimum absolute atomic E-state index is 0.0641. The number of benzene rings is 1. The van der Waals surface area contributed by atoms with Crippen LogP contribution < -0.4 is 5.32 Å². The fourth-order valence-electron chi connectivity index (χ4n) is 3.60. The Labute approximate surface area is 156 Å². The highest BCUT2D eigenvalue weighted by Crippen LogP contribution is 2.25. The van der Waals surface area contributed by atoms with Crippen LogP contribution in [-0.2, 0) is 14.8 Å². The second-order valence-electron chi connectivity index (χ2n) is 6.64. The van der Waals surface area contributed by atoms with Crippen LogP contribution in [-0.4, -0.2) is 71.5 Å². The molecule has 1 amide bonds. The van der Waals surface area contributed by atoms with Gasteiger partial charge in [0.1, 0.15) is 15.9 Å². The number of rotatable bonds is 3. The molecule has 2 aliphatic rings. The fourth-order valence-corrected chi connectivity index (χ4v) is 5.78. The Morgan fingerprint density at radius 2 is 1.85 bits per heavy atom. The normalized spacial score (nSPS) is 20.5. The molecule has 26 heavy (non-hydrogen) atoms. The number of amides is 1. The van der Waals surface area contributed by atoms with Crippen LogP contribution in [0.2, 0.25) is 0 Å². The highest BCUT2D eigenvalue weighted by Gasteiger charge is 2.34. The van der Waals surface area contributed by atoms with Crippen molar-refractivity contribution in [3.8, 4) is 0 Å². The van der Waals surface area contributed by atoms with Crippen molar-refractivity contribution in [1.82, 2.24) is 23.3 Å². The molecule has 2 aliphatic heterocycles. The summed E-state index contributed by atoms with van der Waals surface area (Å²) in [6, 6.07) is 5.02. The predicted molar refractivity (Wildman–Crippen MR) is 98.3 cm³/mol. The summed E-state index contributed by atoms with van der Waals surface area (Å²) in [6.45, 7) is 3.24. The van der Waals surface area contributed by atoms with E-state index in [1.54, 1.807) is 18.2 Å². The minimum atomic E-state index is -3.64. The average Bonchev–Trinajstić information content (AvgIpc) is 3.17. The lowest BCUT2D eigenvalue weighted by Gasteiger charge is -2.36. The summed E-state index contributed by atoms with van der Waals surface area (Å²) in [7, 11) is -3.64. The lowest BCUT2D eigenvalue weighted by Crippen LogP contribution is -2.52. The average molecular weight is 396 g/mol. The van der Waals surface area contributed by atoms with Gasteiger partial charge in [0.15, 0.2) is 0 Å². The van der Waals surface area contributed by atoms with Crippen LogP contribution in [0.1, 0.15) is 12.8 Å². The molecule has 1 N–H and O–H groups in total. The first-order chi connectivity index (χ1) is 12.6. The van der Waals surface area contributed by atoms with Gasteiger partial charge in [0.2, 0.25) is 15.9 Å². The van der Waals surface area contributed by atoms with Crippen molar-refractivity contribution in [1.29, 1.82) is 0 Å². The van der Waals surface area contributed by atoms with Gasteiger partial charge in [-0.15, -0.1) is 0 Å². The number of piperidine rings is 1. The molecule has 2 saturated heterocycles. The second kappa shape index (κ2) is 7.18. The Bertz CT molecular complexity index is 900. The maximum Gasteiger partial charge on any atom is 0.245 e. The largest absolute Gasteiger partial charge is 0.340 e. The first kappa shape index (κ1) is 17.8. The van der Waals surface area contributed by atoms with Gasteiger partial charge in [0.05, 0.1) is 11.7 Å². The number of nitrogens with one attached hydrogen (secondary N) is 1. The highest BCUT2D eigenvalue weighted by molar-refractivity contribution is 7.89. The van der Waals surface area contributed by atoms with Gasteiger partial charge < -0.3 is 10.2 Å². The van der Waals surface area contributed by atoms with Gasteiger partial charge in [0, 0.05) is 32.1 Å². The van der Waals surface area contributed by atoms with E-state index in [1.165, 1.54) is 4.31 Å². The first-order valence-electron chi connectivity index (χ1n) is 8.78. The van der Waals surface area contributed by atoms with Crippen molar-refractivity contribution >= 4 is 38.7 Å². The quantitative estimate of drug-likeness (QED) is 0.814. The van der Waals surface area contributed by atoms with Crippen molar-refractivity contribution in [3.05, 3.63) is 18.2 Å². The van der Waals surface area contributed by atoms with Gasteiger partial charge in [-0.2, -0.15) is 13.1 Å². The topological polar surface area (TPSA) is 95.5 Å². The van der Waals surface area contributed by atoms with Gasteiger partial charge in [-0.3, -0.25) is 4.79 Å². The smallest absolute Gasteiger partial charge is 0.245 e. The molecule has 0 atom stereocenters. The molecule has 0 radical (unpaired) electrons. The molecule has 1 aromatic heterocycles. The van der Waals surface area contributed by atoms with Crippen molar-refractivity contribution in [2.45, 2.75) is 17.7 Å². The number of sulfonamides is 1. The van der Waals surface area contributed by atoms with Crippen LogP contribution in [0.5, 0.6) is 0 Å². The number of fused-ring (bicyclic) bond motifs is 1. The molecule has 3 heterocycles. The van der Waals surface area contributed by atoms with E-state index in [9.17, 15) is 13.2 Å². The number of nitrogens with zero attached hydrogens (tertiary/aromatic N) is 4. The minimum Gasteiger partial charge on any atom is -0.340 e. The number of piperazine rings is 1. The van der Waals surface area contributed by atoms with Crippen LogP contribution in [0.25, 0.3) is 11.0 Å². The molecule has 140 valence electrons. The highest BCUT2D eigenvalue weighted by atomic mass is 32.2. The standard InChI is InChI=1S/C16H21N5O3S2/c22-16(12-4-6-17-7-5-12)20-8-10-21(11-9-20)26(23,24)14-3-1-2-13-15(14)19-25-18-13/h1-3,12,17H,4-11H2. The predicted octanol–water partition coefficient (Wildman–Crippen LogP) is 0.524. The Balaban J connectivity index is 1.47. The summed E-state index contributed by atoms with van der Waals surface area (Å²) in [5.41, 5.74) is 1.02. The number of hydrogen-bond acceptors (Lipinski definition) is 7. The molecule has 0 spiro atoms. The first-order valence-corrected chi connectivity index (χ1v) is 11.0. The molecule has 0 unspecified atom stereocenters. The Hall–Kier alpha value is -1.62. The maximum atomic E-state index is 13.0. The van der Waals surface area contributed by atoms with Crippen LogP contribution >= 0.6 is 11.7 Å². The van der Waals surface area contributed by atoms with E-state index in [0.29, 0.717) is 37.2 Å². The van der Waals surface area contributed by atoms with Crippen molar-refractivity contribution < 1.29 is 13.2 Å². The number of hydrogen-bond donors (Lipinski definition) is 1. The second-order valence-corrected chi connectivity index (χ2v) is 9.08. The van der Waals surface area contributed by atoms with E-state index in [4.69, 9.17) is 0 Å². The van der Waals surface area contributed by atoms with Crippen molar-refractivity contribution in [2.75, 3.05) is 39.3 Å². The molecule has 2 fully saturated rings. The van der Waals surface area contributed by atoms with Gasteiger partial charge in [-0.05, 0) is 38.1 Å². The van der Waals surface area contributed by atoms with E-state index < -0.39 is 10.0 Å². The molecule has 2 aromatic rings. The van der Waals surface area contributed by atoms with E-state index in [-0.39, 0.29) is 16.7 Å². The molecule has 0 aliphatic carbocycles. The maximum absolute atomic E-state index is 13.0. The fraction of sp³-hybridized carbons (Fsp3) is 0.562. The number of aromatic nitrogens is 2. The van der Waals surface area contributed by atoms with Crippen LogP contribution in [0.3, 0.4) is 0 Å². The van der Waals surface area contributed by atoms with Crippen LogP contribution in [0.15, 0.2) is 23.1 Å². The van der Waals surface area contributed by atoms with Gasteiger partial charge >= 0.3 is 0 Å². The van der Waals surface area contributed by atoms with E-state index in [1.807, 2.05) is 4.90 Å². The molecule has 0 saturated carbocycles. The molecule has 0 bridgehead atoms. The third kappa shape index (κ3) is 3.22. The zero-order valence-corrected chi connectivity index (χ0v) is 15.9. The SMILES string of the molecule is O=C(C1CCNCC1)N1CCN(S(=O)(=O)c2cccc3nsnc23)CC1. The Morgan fingerprint density at radius 3 is 2.58 bits per heavy atom. The molecule has 10 heteroatoms. The summed E-state index contributed by atoms with van der Waals surface area (Å²) < 4.78 is 35.8. The van der Waals surface area contributed by atoms with E-state index in [0.717, 1.165) is 37.7 Å². The molecule has 4 rings (SSSR count). The lowest BCUT2D eigenvalue weighted by molar-refractivity contribution is -0.137. The summed E-state index contributed by atoms with van der Waals surface area (Å²) in [5, 5.41) is 3.26. The third-order valence-electron chi connectivity index (χ3n) is 5.11. The van der Waals surface area contributed by atoms with Gasteiger partial charge in [0.25, 0.3) is 0 Å². The number of carbonyl (C=O) groups excluding carboxylic acids is 1. The monoisotopic (exact) mass is 395 g/mol. The van der Waals surface area contributed by atoms with Crippen molar-refractivity contribution in [3.63, 3.8) is 0 Å². The molecule has 8 nitrogen and oxygen atoms in total.